The molecule has 0 bridgehead atoms. The molecule has 0 unspecified atom stereocenters. The van der Waals surface area contributed by atoms with Crippen LogP contribution in [0.5, 0.6) is 0 Å². The van der Waals surface area contributed by atoms with Crippen molar-refractivity contribution in [2.24, 2.45) is 4.99 Å². The summed E-state index contributed by atoms with van der Waals surface area (Å²) in [6.45, 7) is 0. The molecular formula is C31H24BrN5S2. The van der Waals surface area contributed by atoms with Gasteiger partial charge in [0.15, 0.2) is 4.80 Å². The summed E-state index contributed by atoms with van der Waals surface area (Å²) in [4.78, 5) is 17.7. The van der Waals surface area contributed by atoms with Gasteiger partial charge in [-0.25, -0.2) is 15.0 Å². The fraction of sp³-hybridized carbons (Fsp3) is 0.129. The molecule has 0 atom stereocenters. The summed E-state index contributed by atoms with van der Waals surface area (Å²) in [5, 5.41) is 6.91. The van der Waals surface area contributed by atoms with Crippen LogP contribution in [-0.2, 0) is 12.8 Å². The van der Waals surface area contributed by atoms with Crippen molar-refractivity contribution in [3.8, 4) is 16.9 Å². The minimum absolute atomic E-state index is 0.892. The van der Waals surface area contributed by atoms with Gasteiger partial charge < -0.3 is 5.32 Å². The molecule has 3 aromatic carbocycles. The Morgan fingerprint density at radius 1 is 0.872 bits per heavy atom. The van der Waals surface area contributed by atoms with Crippen LogP contribution in [0.4, 0.5) is 17.2 Å². The molecule has 5 nitrogen and oxygen atoms in total. The predicted molar refractivity (Wildman–Crippen MR) is 166 cm³/mol. The maximum atomic E-state index is 5.05. The Labute approximate surface area is 242 Å². The molecule has 0 fully saturated rings. The predicted octanol–water partition coefficient (Wildman–Crippen LogP) is 8.83. The Bertz CT molecular complexity index is 1840. The quantitative estimate of drug-likeness (QED) is 0.212. The lowest BCUT2D eigenvalue weighted by atomic mass is 9.97. The first-order chi connectivity index (χ1) is 19.2. The van der Waals surface area contributed by atoms with Gasteiger partial charge in [0.25, 0.3) is 0 Å². The minimum Gasteiger partial charge on any atom is -0.340 e. The van der Waals surface area contributed by atoms with E-state index in [9.17, 15) is 0 Å². The maximum Gasteiger partial charge on any atom is 0.195 e. The molecular weight excluding hydrogens is 586 g/mol. The summed E-state index contributed by atoms with van der Waals surface area (Å²) in [5.41, 5.74) is 6.66. The highest BCUT2D eigenvalue weighted by Gasteiger charge is 2.20. The van der Waals surface area contributed by atoms with E-state index in [1.54, 1.807) is 17.7 Å². The second-order valence-corrected chi connectivity index (χ2v) is 12.3. The topological polar surface area (TPSA) is 55.1 Å². The maximum absolute atomic E-state index is 5.05. The third kappa shape index (κ3) is 4.84. The molecule has 3 heterocycles. The number of aryl methyl sites for hydroxylation is 2. The number of para-hydroxylation sites is 1. The van der Waals surface area contributed by atoms with Gasteiger partial charge in [-0.1, -0.05) is 46.3 Å². The molecule has 0 radical (unpaired) electrons. The summed E-state index contributed by atoms with van der Waals surface area (Å²) < 4.78 is 3.28. The summed E-state index contributed by atoms with van der Waals surface area (Å²) >= 11 is 7.01. The van der Waals surface area contributed by atoms with Gasteiger partial charge in [-0.3, -0.25) is 4.57 Å². The van der Waals surface area contributed by atoms with E-state index in [4.69, 9.17) is 4.99 Å². The zero-order valence-electron chi connectivity index (χ0n) is 21.0. The van der Waals surface area contributed by atoms with E-state index >= 15 is 0 Å². The number of benzene rings is 3. The molecule has 192 valence electrons. The molecule has 39 heavy (non-hydrogen) atoms. The molecule has 8 heteroatoms. The first-order valence-corrected chi connectivity index (χ1v) is 15.4. The van der Waals surface area contributed by atoms with Gasteiger partial charge in [0.1, 0.15) is 17.0 Å². The van der Waals surface area contributed by atoms with Gasteiger partial charge >= 0.3 is 0 Å². The molecule has 1 N–H and O–H groups in total. The fourth-order valence-electron chi connectivity index (χ4n) is 5.09. The lowest BCUT2D eigenvalue weighted by Crippen LogP contribution is -2.13. The van der Waals surface area contributed by atoms with E-state index in [2.05, 4.69) is 114 Å². The summed E-state index contributed by atoms with van der Waals surface area (Å²) in [5.74, 6) is 0.892. The van der Waals surface area contributed by atoms with Crippen molar-refractivity contribution in [1.82, 2.24) is 14.5 Å². The normalized spacial score (nSPS) is 13.5. The SMILES string of the molecule is Brc1ccc(-c2csc(=Nc3ccc(Nc4ncnc5sc6c(c45)CCCC6)cc3)n2-c2ccccc2)cc1. The van der Waals surface area contributed by atoms with Crippen molar-refractivity contribution in [3.05, 3.63) is 110 Å². The molecule has 0 aliphatic heterocycles. The van der Waals surface area contributed by atoms with Crippen LogP contribution in [0.15, 0.2) is 100 Å². The van der Waals surface area contributed by atoms with Crippen molar-refractivity contribution in [2.75, 3.05) is 5.32 Å². The second-order valence-electron chi connectivity index (χ2n) is 9.48. The van der Waals surface area contributed by atoms with E-state index < -0.39 is 0 Å². The third-order valence-corrected chi connectivity index (χ3v) is 9.52. The Kier molecular flexibility index (Phi) is 6.60. The Balaban J connectivity index is 1.23. The zero-order valence-corrected chi connectivity index (χ0v) is 24.2. The smallest absolute Gasteiger partial charge is 0.195 e. The average molecular weight is 611 g/mol. The molecule has 0 spiro atoms. The monoisotopic (exact) mass is 609 g/mol. The van der Waals surface area contributed by atoms with Gasteiger partial charge in [0, 0.05) is 26.1 Å². The molecule has 6 aromatic rings. The Hall–Kier alpha value is -3.59. The largest absolute Gasteiger partial charge is 0.340 e. The van der Waals surface area contributed by atoms with Crippen LogP contribution in [0.2, 0.25) is 0 Å². The number of nitrogens with zero attached hydrogens (tertiary/aromatic N) is 4. The molecule has 1 aliphatic carbocycles. The van der Waals surface area contributed by atoms with Crippen molar-refractivity contribution < 1.29 is 0 Å². The number of hydrogen-bond acceptors (Lipinski definition) is 6. The first-order valence-electron chi connectivity index (χ1n) is 12.9. The minimum atomic E-state index is 0.892. The zero-order chi connectivity index (χ0) is 26.2. The number of hydrogen-bond donors (Lipinski definition) is 1. The van der Waals surface area contributed by atoms with Crippen LogP contribution in [0, 0.1) is 0 Å². The summed E-state index contributed by atoms with van der Waals surface area (Å²) in [6, 6.07) is 27.0. The fourth-order valence-corrected chi connectivity index (χ4v) is 7.51. The van der Waals surface area contributed by atoms with Gasteiger partial charge in [0.2, 0.25) is 0 Å². The average Bonchev–Trinajstić information content (AvgIpc) is 3.57. The van der Waals surface area contributed by atoms with Crippen LogP contribution in [0.1, 0.15) is 23.3 Å². The lowest BCUT2D eigenvalue weighted by Gasteiger charge is -2.12. The van der Waals surface area contributed by atoms with E-state index in [-0.39, 0.29) is 0 Å². The standard InChI is InChI=1S/C31H24BrN5S2/c32-21-12-10-20(11-13-21)26-18-38-31(37(26)24-6-2-1-3-7-24)36-23-16-14-22(15-17-23)35-29-28-25-8-4-5-9-27(25)39-30(28)34-19-33-29/h1-3,6-7,10-19H,4-5,8-9H2,(H,33,34,35). The third-order valence-electron chi connectivity index (χ3n) is 6.97. The molecule has 0 amide bonds. The molecule has 7 rings (SSSR count). The second kappa shape index (κ2) is 10.5. The van der Waals surface area contributed by atoms with Gasteiger partial charge in [-0.2, -0.15) is 0 Å². The highest BCUT2D eigenvalue weighted by Crippen LogP contribution is 2.39. The van der Waals surface area contributed by atoms with Crippen LogP contribution in [-0.4, -0.2) is 14.5 Å². The number of thiazole rings is 1. The summed E-state index contributed by atoms with van der Waals surface area (Å²) in [7, 11) is 0. The van der Waals surface area contributed by atoms with E-state index in [1.807, 2.05) is 17.4 Å². The molecule has 0 saturated carbocycles. The number of anilines is 2. The van der Waals surface area contributed by atoms with Gasteiger partial charge in [-0.05, 0) is 85.3 Å². The first kappa shape index (κ1) is 24.5. The van der Waals surface area contributed by atoms with Crippen LogP contribution < -0.4 is 10.1 Å². The van der Waals surface area contributed by atoms with Crippen molar-refractivity contribution in [1.29, 1.82) is 0 Å². The number of rotatable bonds is 5. The van der Waals surface area contributed by atoms with Crippen molar-refractivity contribution in [2.45, 2.75) is 25.7 Å². The van der Waals surface area contributed by atoms with Crippen LogP contribution in [0.3, 0.4) is 0 Å². The lowest BCUT2D eigenvalue weighted by molar-refractivity contribution is 0.700. The summed E-state index contributed by atoms with van der Waals surface area (Å²) in [6.07, 6.45) is 6.43. The number of aromatic nitrogens is 3. The number of halogens is 1. The number of nitrogens with one attached hydrogen (secondary N) is 1. The van der Waals surface area contributed by atoms with Crippen LogP contribution in [0.25, 0.3) is 27.2 Å². The number of fused-ring (bicyclic) bond motifs is 3. The Morgan fingerprint density at radius 3 is 2.49 bits per heavy atom. The van der Waals surface area contributed by atoms with Crippen molar-refractivity contribution in [3.63, 3.8) is 0 Å². The Morgan fingerprint density at radius 2 is 1.67 bits per heavy atom. The molecule has 1 aliphatic rings. The van der Waals surface area contributed by atoms with Gasteiger partial charge in [0.05, 0.1) is 16.8 Å². The highest BCUT2D eigenvalue weighted by atomic mass is 79.9. The van der Waals surface area contributed by atoms with Crippen LogP contribution >= 0.6 is 38.6 Å². The highest BCUT2D eigenvalue weighted by molar-refractivity contribution is 9.10. The van der Waals surface area contributed by atoms with E-state index in [0.29, 0.717) is 0 Å². The van der Waals surface area contributed by atoms with Gasteiger partial charge in [-0.15, -0.1) is 22.7 Å². The molecule has 3 aromatic heterocycles. The van der Waals surface area contributed by atoms with Crippen molar-refractivity contribution >= 4 is 66.0 Å². The van der Waals surface area contributed by atoms with E-state index in [1.165, 1.54) is 28.7 Å². The van der Waals surface area contributed by atoms with E-state index in [0.717, 1.165) is 61.1 Å². The number of thiophene rings is 1. The molecule has 0 saturated heterocycles.